The summed E-state index contributed by atoms with van der Waals surface area (Å²) in [5.41, 5.74) is 0. The Morgan fingerprint density at radius 2 is 1.07 bits per heavy atom. The zero-order valence-corrected chi connectivity index (χ0v) is 33.3. The molecule has 2 aliphatic heterocycles. The molecule has 0 aromatic heterocycles. The first kappa shape index (κ1) is 50.1. The van der Waals surface area contributed by atoms with Crippen LogP contribution in [0.2, 0.25) is 0 Å². The van der Waals surface area contributed by atoms with Crippen LogP contribution in [0.1, 0.15) is 84.5 Å². The highest BCUT2D eigenvalue weighted by Gasteiger charge is 2.47. The molecule has 57 heavy (non-hydrogen) atoms. The van der Waals surface area contributed by atoms with Gasteiger partial charge < -0.3 is 64.2 Å². The van der Waals surface area contributed by atoms with Crippen LogP contribution >= 0.6 is 0 Å². The molecule has 0 aromatic rings. The lowest BCUT2D eigenvalue weighted by molar-refractivity contribution is -0.332. The van der Waals surface area contributed by atoms with E-state index in [1.54, 1.807) is 0 Å². The Kier molecular flexibility index (Phi) is 26.4. The lowest BCUT2D eigenvalue weighted by Crippen LogP contribution is -2.61. The van der Waals surface area contributed by atoms with Crippen molar-refractivity contribution in [3.63, 3.8) is 0 Å². The average Bonchev–Trinajstić information content (AvgIpc) is 3.20. The van der Waals surface area contributed by atoms with Crippen molar-refractivity contribution in [1.82, 2.24) is 0 Å². The van der Waals surface area contributed by atoms with Crippen molar-refractivity contribution in [2.45, 2.75) is 152 Å². The number of hydrogen-bond donors (Lipinski definition) is 7. The van der Waals surface area contributed by atoms with Crippen LogP contribution in [0, 0.1) is 0 Å². The van der Waals surface area contributed by atoms with E-state index < -0.39 is 99.3 Å². The zero-order chi connectivity index (χ0) is 41.8. The molecule has 324 valence electrons. The van der Waals surface area contributed by atoms with E-state index in [4.69, 9.17) is 28.4 Å². The van der Waals surface area contributed by atoms with Crippen molar-refractivity contribution in [1.29, 1.82) is 0 Å². The maximum atomic E-state index is 12.7. The monoisotopic (exact) mass is 810 g/mol. The highest BCUT2D eigenvalue weighted by atomic mass is 16.7. The fraction of sp³-hybridized carbons (Fsp3) is 0.667. The summed E-state index contributed by atoms with van der Waals surface area (Å²) in [4.78, 5) is 24.9. The molecule has 15 nitrogen and oxygen atoms in total. The van der Waals surface area contributed by atoms with E-state index in [0.717, 1.165) is 38.5 Å². The largest absolute Gasteiger partial charge is 0.462 e. The number of hydrogen-bond acceptors (Lipinski definition) is 15. The van der Waals surface area contributed by atoms with Crippen molar-refractivity contribution in [2.24, 2.45) is 0 Å². The summed E-state index contributed by atoms with van der Waals surface area (Å²) in [6.45, 7) is 2.06. The third-order valence-electron chi connectivity index (χ3n) is 8.96. The van der Waals surface area contributed by atoms with E-state index in [9.17, 15) is 45.3 Å². The van der Waals surface area contributed by atoms with Crippen LogP contribution in [-0.2, 0) is 38.0 Å². The number of esters is 2. The van der Waals surface area contributed by atoms with E-state index in [2.05, 4.69) is 61.6 Å². The van der Waals surface area contributed by atoms with E-state index in [-0.39, 0.29) is 19.4 Å². The van der Waals surface area contributed by atoms with E-state index in [0.29, 0.717) is 19.3 Å². The summed E-state index contributed by atoms with van der Waals surface area (Å²) < 4.78 is 32.9. The van der Waals surface area contributed by atoms with Gasteiger partial charge in [-0.1, -0.05) is 93.2 Å². The first-order valence-electron chi connectivity index (χ1n) is 20.0. The van der Waals surface area contributed by atoms with Crippen molar-refractivity contribution < 1.29 is 73.8 Å². The number of rotatable bonds is 27. The molecule has 2 rings (SSSR count). The van der Waals surface area contributed by atoms with Gasteiger partial charge in [-0.2, -0.15) is 0 Å². The van der Waals surface area contributed by atoms with Crippen LogP contribution < -0.4 is 0 Å². The second-order valence-corrected chi connectivity index (χ2v) is 13.7. The van der Waals surface area contributed by atoms with Gasteiger partial charge in [-0.3, -0.25) is 9.59 Å². The number of unbranched alkanes of at least 4 members (excludes halogenated alkanes) is 1. The molecule has 0 aliphatic carbocycles. The Labute approximate surface area is 336 Å². The van der Waals surface area contributed by atoms with E-state index in [1.165, 1.54) is 0 Å². The SMILES string of the molecule is CC/C=C\C/C=C\C/C=C\C/C=C\C/C=C\C/C=C\CCC(=O)OC(COC(=O)CCCC)COC1OC(COC2OC(CO)C(O)C(O)C2O)C(O)C(O)C1O. The molecular formula is C42H66O15. The molecule has 0 amide bonds. The highest BCUT2D eigenvalue weighted by molar-refractivity contribution is 5.70. The first-order valence-corrected chi connectivity index (χ1v) is 20.0. The maximum absolute atomic E-state index is 12.7. The summed E-state index contributed by atoms with van der Waals surface area (Å²) in [5, 5.41) is 71.3. The molecular weight excluding hydrogens is 744 g/mol. The lowest BCUT2D eigenvalue weighted by atomic mass is 9.98. The maximum Gasteiger partial charge on any atom is 0.306 e. The molecule has 2 saturated heterocycles. The van der Waals surface area contributed by atoms with Gasteiger partial charge >= 0.3 is 11.9 Å². The summed E-state index contributed by atoms with van der Waals surface area (Å²) in [5.74, 6) is -1.08. The van der Waals surface area contributed by atoms with Crippen molar-refractivity contribution in [3.8, 4) is 0 Å². The molecule has 0 saturated carbocycles. The van der Waals surface area contributed by atoms with Gasteiger partial charge in [0.25, 0.3) is 0 Å². The molecule has 0 radical (unpaired) electrons. The first-order chi connectivity index (χ1) is 27.5. The minimum absolute atomic E-state index is 0.0350. The predicted octanol–water partition coefficient (Wildman–Crippen LogP) is 2.75. The second-order valence-electron chi connectivity index (χ2n) is 13.7. The lowest BCUT2D eigenvalue weighted by Gasteiger charge is -2.42. The predicted molar refractivity (Wildman–Crippen MR) is 210 cm³/mol. The number of ether oxygens (including phenoxy) is 6. The summed E-state index contributed by atoms with van der Waals surface area (Å²) >= 11 is 0. The number of carbonyl (C=O) groups is 2. The molecule has 11 unspecified atom stereocenters. The van der Waals surface area contributed by atoms with E-state index in [1.807, 2.05) is 25.2 Å². The van der Waals surface area contributed by atoms with Gasteiger partial charge in [0.15, 0.2) is 18.7 Å². The molecule has 2 aliphatic rings. The van der Waals surface area contributed by atoms with Gasteiger partial charge in [0.2, 0.25) is 0 Å². The summed E-state index contributed by atoms with van der Waals surface area (Å²) in [6, 6.07) is 0. The van der Waals surface area contributed by atoms with Gasteiger partial charge in [0.1, 0.15) is 55.4 Å². The van der Waals surface area contributed by atoms with Crippen LogP contribution in [0.5, 0.6) is 0 Å². The van der Waals surface area contributed by atoms with Crippen molar-refractivity contribution in [2.75, 3.05) is 26.4 Å². The van der Waals surface area contributed by atoms with Crippen LogP contribution in [0.4, 0.5) is 0 Å². The topological polar surface area (TPSA) is 231 Å². The molecule has 0 spiro atoms. The smallest absolute Gasteiger partial charge is 0.306 e. The third kappa shape index (κ3) is 20.0. The van der Waals surface area contributed by atoms with Crippen LogP contribution in [0.15, 0.2) is 72.9 Å². The standard InChI is InChI=1S/C42H66O15/c1-3-5-7-8-9-10-11-12-13-14-15-16-17-18-19-20-21-22-23-25-34(45)55-30(27-52-33(44)24-6-4-2)28-53-41-40(51)38(49)36(47)32(57-41)29-54-42-39(50)37(48)35(46)31(26-43)56-42/h5,7,9-10,12-13,15-16,18-19,21-22,30-32,35-43,46-51H,3-4,6,8,11,14,17,20,23-29H2,1-2H3/b7-5-,10-9-,13-12-,16-15-,19-18-,22-21-. The molecule has 0 bridgehead atoms. The fourth-order valence-corrected chi connectivity index (χ4v) is 5.57. The molecule has 11 atom stereocenters. The molecule has 0 aromatic carbocycles. The normalized spacial score (nSPS) is 29.1. The molecule has 15 heteroatoms. The molecule has 7 N–H and O–H groups in total. The Hall–Kier alpha value is -3.06. The van der Waals surface area contributed by atoms with Gasteiger partial charge in [0, 0.05) is 12.8 Å². The fourth-order valence-electron chi connectivity index (χ4n) is 5.57. The average molecular weight is 811 g/mol. The highest BCUT2D eigenvalue weighted by Crippen LogP contribution is 2.26. The van der Waals surface area contributed by atoms with Crippen LogP contribution in [0.25, 0.3) is 0 Å². The zero-order valence-electron chi connectivity index (χ0n) is 33.3. The van der Waals surface area contributed by atoms with Gasteiger partial charge in [-0.05, 0) is 51.4 Å². The molecule has 2 fully saturated rings. The Bertz CT molecular complexity index is 1280. The van der Waals surface area contributed by atoms with Gasteiger partial charge in [0.05, 0.1) is 19.8 Å². The Balaban J connectivity index is 1.82. The quantitative estimate of drug-likeness (QED) is 0.0467. The second kappa shape index (κ2) is 30.1. The summed E-state index contributed by atoms with van der Waals surface area (Å²) in [6.07, 6.45) is 15.4. The van der Waals surface area contributed by atoms with Crippen molar-refractivity contribution in [3.05, 3.63) is 72.9 Å². The number of carbonyl (C=O) groups excluding carboxylic acids is 2. The minimum Gasteiger partial charge on any atom is -0.462 e. The number of allylic oxidation sites excluding steroid dienone is 12. The third-order valence-corrected chi connectivity index (χ3v) is 8.96. The minimum atomic E-state index is -1.78. The summed E-state index contributed by atoms with van der Waals surface area (Å²) in [7, 11) is 0. The van der Waals surface area contributed by atoms with Crippen LogP contribution in [-0.4, -0.2) is 142 Å². The van der Waals surface area contributed by atoms with E-state index >= 15 is 0 Å². The van der Waals surface area contributed by atoms with Crippen molar-refractivity contribution >= 4 is 11.9 Å². The van der Waals surface area contributed by atoms with Gasteiger partial charge in [-0.25, -0.2) is 0 Å². The Morgan fingerprint density at radius 3 is 1.60 bits per heavy atom. The number of aliphatic hydroxyl groups is 7. The number of aliphatic hydroxyl groups excluding tert-OH is 7. The van der Waals surface area contributed by atoms with Gasteiger partial charge in [-0.15, -0.1) is 0 Å². The molecule has 2 heterocycles. The van der Waals surface area contributed by atoms with Crippen LogP contribution in [0.3, 0.4) is 0 Å². The Morgan fingerprint density at radius 1 is 0.579 bits per heavy atom.